The van der Waals surface area contributed by atoms with Crippen LogP contribution in [0.1, 0.15) is 74.7 Å². The molecule has 3 aliphatic rings. The van der Waals surface area contributed by atoms with Crippen molar-refractivity contribution in [1.29, 1.82) is 0 Å². The maximum atomic E-state index is 12.7. The lowest BCUT2D eigenvalue weighted by Gasteiger charge is -2.35. The number of carbonyl (C=O) groups is 2. The molecule has 0 radical (unpaired) electrons. The number of pyridine rings is 1. The average Bonchev–Trinajstić information content (AvgIpc) is 2.83. The monoisotopic (exact) mass is 520 g/mol. The molecule has 1 saturated heterocycles. The highest BCUT2D eigenvalue weighted by atomic mass is 32.2. The Kier molecular flexibility index (Phi) is 9.17. The first-order valence-corrected chi connectivity index (χ1v) is 15.3. The third kappa shape index (κ3) is 7.35. The van der Waals surface area contributed by atoms with E-state index >= 15 is 0 Å². The summed E-state index contributed by atoms with van der Waals surface area (Å²) in [5.74, 6) is -1.75. The van der Waals surface area contributed by atoms with Gasteiger partial charge in [-0.1, -0.05) is 6.07 Å². The predicted molar refractivity (Wildman–Crippen MR) is 136 cm³/mol. The molecule has 0 amide bonds. The van der Waals surface area contributed by atoms with E-state index in [9.17, 15) is 23.1 Å². The van der Waals surface area contributed by atoms with E-state index in [1.165, 1.54) is 34.1 Å². The zero-order chi connectivity index (χ0) is 25.7. The maximum Gasteiger partial charge on any atom is 0.307 e. The van der Waals surface area contributed by atoms with Gasteiger partial charge < -0.3 is 9.84 Å². The van der Waals surface area contributed by atoms with Crippen LogP contribution in [0.25, 0.3) is 0 Å². The molecule has 1 aromatic rings. The highest BCUT2D eigenvalue weighted by molar-refractivity contribution is 7.88. The third-order valence-corrected chi connectivity index (χ3v) is 9.43. The van der Waals surface area contributed by atoms with Crippen LogP contribution in [0.2, 0.25) is 0 Å². The second-order valence-corrected chi connectivity index (χ2v) is 12.9. The highest BCUT2D eigenvalue weighted by Gasteiger charge is 2.33. The van der Waals surface area contributed by atoms with Crippen LogP contribution in [0.15, 0.2) is 12.1 Å². The molecule has 2 atom stereocenters. The van der Waals surface area contributed by atoms with Crippen molar-refractivity contribution in [3.05, 3.63) is 29.1 Å². The second-order valence-electron chi connectivity index (χ2n) is 10.9. The van der Waals surface area contributed by atoms with Gasteiger partial charge in [-0.15, -0.1) is 0 Å². The number of hydrogen-bond donors (Lipinski definition) is 1. The summed E-state index contributed by atoms with van der Waals surface area (Å²) in [5, 5.41) is 9.61. The molecular weight excluding hydrogens is 480 g/mol. The van der Waals surface area contributed by atoms with Crippen LogP contribution in [-0.2, 0) is 43.6 Å². The van der Waals surface area contributed by atoms with Crippen molar-refractivity contribution in [2.75, 3.05) is 26.0 Å². The Morgan fingerprint density at radius 1 is 1.19 bits per heavy atom. The van der Waals surface area contributed by atoms with E-state index in [0.29, 0.717) is 38.3 Å². The Hall–Kier alpha value is -1.84. The third-order valence-electron chi connectivity index (χ3n) is 8.16. The van der Waals surface area contributed by atoms with Gasteiger partial charge in [-0.2, -0.15) is 0 Å². The number of ketones is 1. The molecule has 2 heterocycles. The van der Waals surface area contributed by atoms with E-state index in [-0.39, 0.29) is 24.9 Å². The van der Waals surface area contributed by atoms with Gasteiger partial charge in [0, 0.05) is 43.4 Å². The Labute approximate surface area is 214 Å². The standard InChI is InChI=1S/C27H40N2O6S/c1-36(33,34)29-13-4-6-22(18-29)26(30)17-21(27(31)32)12-14-35-24-15-19(16-24)8-10-23-11-9-20-5-2-3-7-25(20)28-23/h9,11,19,21-22,24H,2-8,10,12-18H2,1H3,(H,31,32). The number of aryl methyl sites for hydroxylation is 3. The van der Waals surface area contributed by atoms with E-state index in [1.54, 1.807) is 0 Å². The summed E-state index contributed by atoms with van der Waals surface area (Å²) in [6, 6.07) is 4.43. The van der Waals surface area contributed by atoms with Crippen molar-refractivity contribution in [1.82, 2.24) is 9.29 Å². The SMILES string of the molecule is CS(=O)(=O)N1CCCC(C(=O)CC(CCOC2CC(CCc3ccc4c(n3)CCCC4)C2)C(=O)O)C1. The molecular formula is C27H40N2O6S. The van der Waals surface area contributed by atoms with Crippen molar-refractivity contribution in [3.8, 4) is 0 Å². The first kappa shape index (κ1) is 27.2. The van der Waals surface area contributed by atoms with Gasteiger partial charge in [0.25, 0.3) is 0 Å². The van der Waals surface area contributed by atoms with Crippen molar-refractivity contribution < 1.29 is 27.9 Å². The number of fused-ring (bicyclic) bond motifs is 1. The highest BCUT2D eigenvalue weighted by Crippen LogP contribution is 2.34. The van der Waals surface area contributed by atoms with E-state index in [0.717, 1.165) is 44.8 Å². The quantitative estimate of drug-likeness (QED) is 0.449. The van der Waals surface area contributed by atoms with Crippen LogP contribution in [0.3, 0.4) is 0 Å². The van der Waals surface area contributed by atoms with E-state index < -0.39 is 27.8 Å². The minimum absolute atomic E-state index is 0.0674. The van der Waals surface area contributed by atoms with Crippen molar-refractivity contribution in [3.63, 3.8) is 0 Å². The summed E-state index contributed by atoms with van der Waals surface area (Å²) in [6.07, 6.45) is 11.6. The van der Waals surface area contributed by atoms with Gasteiger partial charge in [-0.3, -0.25) is 14.6 Å². The van der Waals surface area contributed by atoms with Crippen LogP contribution in [0.4, 0.5) is 0 Å². The van der Waals surface area contributed by atoms with Crippen LogP contribution in [-0.4, -0.2) is 66.6 Å². The molecule has 0 aromatic carbocycles. The van der Waals surface area contributed by atoms with Crippen molar-refractivity contribution in [2.45, 2.75) is 83.2 Å². The van der Waals surface area contributed by atoms with E-state index in [4.69, 9.17) is 9.72 Å². The number of piperidine rings is 1. The summed E-state index contributed by atoms with van der Waals surface area (Å²) in [6.45, 7) is 0.907. The van der Waals surface area contributed by atoms with Gasteiger partial charge in [0.15, 0.2) is 0 Å². The minimum atomic E-state index is -3.34. The number of ether oxygens (including phenoxy) is 1. The lowest BCUT2D eigenvalue weighted by Crippen LogP contribution is -2.42. The van der Waals surface area contributed by atoms with Gasteiger partial charge in [0.2, 0.25) is 10.0 Å². The fourth-order valence-electron chi connectivity index (χ4n) is 5.77. The van der Waals surface area contributed by atoms with Gasteiger partial charge >= 0.3 is 5.97 Å². The molecule has 1 N–H and O–H groups in total. The Morgan fingerprint density at radius 3 is 2.72 bits per heavy atom. The van der Waals surface area contributed by atoms with Gasteiger partial charge in [-0.05, 0) is 88.2 Å². The summed E-state index contributed by atoms with van der Waals surface area (Å²) >= 11 is 0. The lowest BCUT2D eigenvalue weighted by atomic mass is 9.79. The topological polar surface area (TPSA) is 114 Å². The average molecular weight is 521 g/mol. The fraction of sp³-hybridized carbons (Fsp3) is 0.741. The number of aromatic nitrogens is 1. The summed E-state index contributed by atoms with van der Waals surface area (Å²) < 4.78 is 30.9. The van der Waals surface area contributed by atoms with Crippen LogP contribution in [0, 0.1) is 17.8 Å². The number of nitrogens with zero attached hydrogens (tertiary/aromatic N) is 2. The second kappa shape index (κ2) is 12.1. The van der Waals surface area contributed by atoms with Gasteiger partial charge in [0.05, 0.1) is 18.3 Å². The first-order chi connectivity index (χ1) is 17.2. The molecule has 200 valence electrons. The molecule has 2 unspecified atom stereocenters. The molecule has 0 bridgehead atoms. The molecule has 4 rings (SSSR count). The molecule has 1 saturated carbocycles. The predicted octanol–water partition coefficient (Wildman–Crippen LogP) is 3.41. The summed E-state index contributed by atoms with van der Waals surface area (Å²) in [5.41, 5.74) is 3.89. The van der Waals surface area contributed by atoms with Crippen LogP contribution >= 0.6 is 0 Å². The number of carbonyl (C=O) groups excluding carboxylic acids is 1. The summed E-state index contributed by atoms with van der Waals surface area (Å²) in [4.78, 5) is 29.3. The zero-order valence-corrected chi connectivity index (χ0v) is 22.2. The van der Waals surface area contributed by atoms with Crippen molar-refractivity contribution >= 4 is 21.8 Å². The van der Waals surface area contributed by atoms with E-state index in [2.05, 4.69) is 12.1 Å². The lowest BCUT2D eigenvalue weighted by molar-refractivity contribution is -0.145. The Morgan fingerprint density at radius 2 is 1.97 bits per heavy atom. The molecule has 36 heavy (non-hydrogen) atoms. The number of sulfonamides is 1. The van der Waals surface area contributed by atoms with Crippen LogP contribution in [0.5, 0.6) is 0 Å². The molecule has 1 aliphatic heterocycles. The van der Waals surface area contributed by atoms with Gasteiger partial charge in [-0.25, -0.2) is 12.7 Å². The minimum Gasteiger partial charge on any atom is -0.481 e. The number of hydrogen-bond acceptors (Lipinski definition) is 6. The van der Waals surface area contributed by atoms with E-state index in [1.807, 2.05) is 0 Å². The molecule has 0 spiro atoms. The Balaban J connectivity index is 1.14. The molecule has 1 aromatic heterocycles. The molecule has 2 aliphatic carbocycles. The van der Waals surface area contributed by atoms with Gasteiger partial charge in [0.1, 0.15) is 5.78 Å². The van der Waals surface area contributed by atoms with Crippen molar-refractivity contribution in [2.24, 2.45) is 17.8 Å². The molecule has 9 heteroatoms. The molecule has 8 nitrogen and oxygen atoms in total. The fourth-order valence-corrected chi connectivity index (χ4v) is 6.68. The normalized spacial score (nSPS) is 25.5. The van der Waals surface area contributed by atoms with Crippen LogP contribution < -0.4 is 0 Å². The first-order valence-electron chi connectivity index (χ1n) is 13.5. The zero-order valence-electron chi connectivity index (χ0n) is 21.4. The number of carboxylic acids is 1. The number of rotatable bonds is 12. The molecule has 2 fully saturated rings. The summed E-state index contributed by atoms with van der Waals surface area (Å²) in [7, 11) is -3.34. The number of Topliss-reactive ketones (excluding diaryl/α,β-unsaturated/α-hetero) is 1. The Bertz CT molecular complexity index is 1040. The smallest absolute Gasteiger partial charge is 0.307 e. The largest absolute Gasteiger partial charge is 0.481 e. The number of aliphatic carboxylic acids is 1. The maximum absolute atomic E-state index is 12.7. The number of carboxylic acid groups (broad SMARTS) is 1.